The summed E-state index contributed by atoms with van der Waals surface area (Å²) in [6.45, 7) is 1.21. The molecule has 1 aromatic rings. The first-order valence-corrected chi connectivity index (χ1v) is 5.48. The van der Waals surface area contributed by atoms with Crippen molar-refractivity contribution in [2.45, 2.75) is 25.9 Å². The number of rotatable bonds is 3. The number of nitro groups is 1. The van der Waals surface area contributed by atoms with Gasteiger partial charge in [0.25, 0.3) is 5.69 Å². The van der Waals surface area contributed by atoms with Crippen molar-refractivity contribution < 1.29 is 19.2 Å². The molecule has 1 unspecified atom stereocenters. The van der Waals surface area contributed by atoms with E-state index in [1.807, 2.05) is 0 Å². The number of nitrogens with zero attached hydrogens (tertiary/aromatic N) is 1. The van der Waals surface area contributed by atoms with Gasteiger partial charge in [0, 0.05) is 24.6 Å². The zero-order valence-corrected chi connectivity index (χ0v) is 9.71. The summed E-state index contributed by atoms with van der Waals surface area (Å²) in [4.78, 5) is 32.6. The molecule has 0 saturated heterocycles. The van der Waals surface area contributed by atoms with E-state index in [2.05, 4.69) is 0 Å². The van der Waals surface area contributed by atoms with Crippen LogP contribution < -0.4 is 4.74 Å². The highest BCUT2D eigenvalue weighted by atomic mass is 16.6. The molecule has 0 saturated carbocycles. The monoisotopic (exact) mass is 249 g/mol. The SMILES string of the molecule is CC(=O)C(=O)C1CCc2cc([N+](=O)[O-])ccc2O1. The number of non-ortho nitro benzene ring substituents is 1. The van der Waals surface area contributed by atoms with Gasteiger partial charge in [-0.15, -0.1) is 0 Å². The maximum atomic E-state index is 11.5. The molecule has 0 spiro atoms. The molecule has 0 aliphatic carbocycles. The van der Waals surface area contributed by atoms with Crippen molar-refractivity contribution in [3.63, 3.8) is 0 Å². The fourth-order valence-electron chi connectivity index (χ4n) is 1.90. The van der Waals surface area contributed by atoms with E-state index in [4.69, 9.17) is 4.74 Å². The molecular weight excluding hydrogens is 238 g/mol. The number of hydrogen-bond acceptors (Lipinski definition) is 5. The molecule has 0 bridgehead atoms. The lowest BCUT2D eigenvalue weighted by Gasteiger charge is -2.24. The van der Waals surface area contributed by atoms with Crippen LogP contribution in [-0.2, 0) is 16.0 Å². The molecule has 0 radical (unpaired) electrons. The summed E-state index contributed by atoms with van der Waals surface area (Å²) in [5.41, 5.74) is 0.686. The maximum absolute atomic E-state index is 11.5. The molecule has 94 valence electrons. The molecule has 1 aliphatic rings. The third-order valence-electron chi connectivity index (χ3n) is 2.84. The van der Waals surface area contributed by atoms with Gasteiger partial charge in [-0.2, -0.15) is 0 Å². The maximum Gasteiger partial charge on any atom is 0.269 e. The molecule has 1 aromatic carbocycles. The van der Waals surface area contributed by atoms with E-state index in [9.17, 15) is 19.7 Å². The largest absolute Gasteiger partial charge is 0.482 e. The Labute approximate surface area is 103 Å². The predicted octanol–water partition coefficient (Wildman–Crippen LogP) is 1.45. The zero-order chi connectivity index (χ0) is 13.3. The Morgan fingerprint density at radius 3 is 2.78 bits per heavy atom. The Morgan fingerprint density at radius 1 is 1.44 bits per heavy atom. The molecule has 6 heteroatoms. The quantitative estimate of drug-likeness (QED) is 0.459. The predicted molar refractivity (Wildman–Crippen MR) is 61.5 cm³/mol. The van der Waals surface area contributed by atoms with Gasteiger partial charge in [0.15, 0.2) is 11.9 Å². The third-order valence-corrected chi connectivity index (χ3v) is 2.84. The van der Waals surface area contributed by atoms with E-state index < -0.39 is 22.6 Å². The molecule has 0 amide bonds. The van der Waals surface area contributed by atoms with Gasteiger partial charge >= 0.3 is 0 Å². The first kappa shape index (κ1) is 12.2. The van der Waals surface area contributed by atoms with Crippen molar-refractivity contribution in [2.24, 2.45) is 0 Å². The average molecular weight is 249 g/mol. The molecule has 18 heavy (non-hydrogen) atoms. The summed E-state index contributed by atoms with van der Waals surface area (Å²) in [6.07, 6.45) is 0.0873. The highest BCUT2D eigenvalue weighted by molar-refractivity contribution is 6.38. The number of Topliss-reactive ketones (excluding diaryl/α,β-unsaturated/α-hetero) is 2. The Morgan fingerprint density at radius 2 is 2.17 bits per heavy atom. The van der Waals surface area contributed by atoms with E-state index in [0.717, 1.165) is 0 Å². The lowest BCUT2D eigenvalue weighted by atomic mass is 9.98. The Hall–Kier alpha value is -2.24. The van der Waals surface area contributed by atoms with E-state index in [-0.39, 0.29) is 5.69 Å². The van der Waals surface area contributed by atoms with Gasteiger partial charge in [-0.1, -0.05) is 0 Å². The normalized spacial score (nSPS) is 17.5. The molecule has 1 heterocycles. The first-order chi connectivity index (χ1) is 8.49. The van der Waals surface area contributed by atoms with E-state index in [0.29, 0.717) is 24.2 Å². The van der Waals surface area contributed by atoms with Crippen LogP contribution in [0.3, 0.4) is 0 Å². The summed E-state index contributed by atoms with van der Waals surface area (Å²) < 4.78 is 5.40. The lowest BCUT2D eigenvalue weighted by molar-refractivity contribution is -0.385. The summed E-state index contributed by atoms with van der Waals surface area (Å²) in [5, 5.41) is 10.6. The van der Waals surface area contributed by atoms with Crippen LogP contribution in [0.15, 0.2) is 18.2 Å². The first-order valence-electron chi connectivity index (χ1n) is 5.48. The standard InChI is InChI=1S/C12H11NO5/c1-7(14)12(15)11-4-2-8-6-9(13(16)17)3-5-10(8)18-11/h3,5-6,11H,2,4H2,1H3. The van der Waals surface area contributed by atoms with Crippen molar-refractivity contribution in [1.82, 2.24) is 0 Å². The van der Waals surface area contributed by atoms with Gasteiger partial charge in [-0.3, -0.25) is 19.7 Å². The Kier molecular flexibility index (Phi) is 3.10. The second-order valence-electron chi connectivity index (χ2n) is 4.11. The van der Waals surface area contributed by atoms with Gasteiger partial charge in [-0.05, 0) is 18.9 Å². The number of nitro benzene ring substituents is 1. The van der Waals surface area contributed by atoms with Gasteiger partial charge in [0.1, 0.15) is 5.75 Å². The average Bonchev–Trinajstić information content (AvgIpc) is 2.36. The van der Waals surface area contributed by atoms with Crippen molar-refractivity contribution in [3.05, 3.63) is 33.9 Å². The summed E-state index contributed by atoms with van der Waals surface area (Å²) in [5.74, 6) is -0.657. The molecular formula is C12H11NO5. The minimum Gasteiger partial charge on any atom is -0.482 e. The molecule has 0 N–H and O–H groups in total. The fourth-order valence-corrected chi connectivity index (χ4v) is 1.90. The molecule has 0 aromatic heterocycles. The van der Waals surface area contributed by atoms with Crippen LogP contribution in [0.4, 0.5) is 5.69 Å². The Bertz CT molecular complexity index is 537. The topological polar surface area (TPSA) is 86.5 Å². The minimum absolute atomic E-state index is 0.00584. The number of benzene rings is 1. The summed E-state index contributed by atoms with van der Waals surface area (Å²) >= 11 is 0. The number of aryl methyl sites for hydroxylation is 1. The van der Waals surface area contributed by atoms with E-state index >= 15 is 0 Å². The number of carbonyl (C=O) groups is 2. The van der Waals surface area contributed by atoms with E-state index in [1.54, 1.807) is 0 Å². The van der Waals surface area contributed by atoms with Crippen LogP contribution in [0, 0.1) is 10.1 Å². The van der Waals surface area contributed by atoms with Gasteiger partial charge in [0.05, 0.1) is 4.92 Å². The summed E-state index contributed by atoms with van der Waals surface area (Å²) in [7, 11) is 0. The van der Waals surface area contributed by atoms with Crippen molar-refractivity contribution >= 4 is 17.3 Å². The minimum atomic E-state index is -0.767. The van der Waals surface area contributed by atoms with Crippen LogP contribution in [-0.4, -0.2) is 22.6 Å². The number of fused-ring (bicyclic) bond motifs is 1. The summed E-state index contributed by atoms with van der Waals surface area (Å²) in [6, 6.07) is 4.22. The molecule has 1 atom stereocenters. The molecule has 2 rings (SSSR count). The van der Waals surface area contributed by atoms with Crippen LogP contribution in [0.25, 0.3) is 0 Å². The second-order valence-corrected chi connectivity index (χ2v) is 4.11. The number of hydrogen-bond donors (Lipinski definition) is 0. The van der Waals surface area contributed by atoms with Crippen molar-refractivity contribution in [2.75, 3.05) is 0 Å². The number of carbonyl (C=O) groups excluding carboxylic acids is 2. The lowest BCUT2D eigenvalue weighted by Crippen LogP contribution is -2.35. The molecule has 1 aliphatic heterocycles. The van der Waals surface area contributed by atoms with Gasteiger partial charge in [-0.25, -0.2) is 0 Å². The smallest absolute Gasteiger partial charge is 0.269 e. The zero-order valence-electron chi connectivity index (χ0n) is 9.71. The van der Waals surface area contributed by atoms with Crippen LogP contribution >= 0.6 is 0 Å². The van der Waals surface area contributed by atoms with Crippen molar-refractivity contribution in [1.29, 1.82) is 0 Å². The van der Waals surface area contributed by atoms with Gasteiger partial charge in [0.2, 0.25) is 5.78 Å². The van der Waals surface area contributed by atoms with Crippen LogP contribution in [0.1, 0.15) is 18.9 Å². The van der Waals surface area contributed by atoms with Crippen LogP contribution in [0.2, 0.25) is 0 Å². The second kappa shape index (κ2) is 4.56. The molecule has 0 fully saturated rings. The highest BCUT2D eigenvalue weighted by Gasteiger charge is 2.29. The molecule has 6 nitrogen and oxygen atoms in total. The third kappa shape index (κ3) is 2.22. The fraction of sp³-hybridized carbons (Fsp3) is 0.333. The van der Waals surface area contributed by atoms with Crippen LogP contribution in [0.5, 0.6) is 5.75 Å². The highest BCUT2D eigenvalue weighted by Crippen LogP contribution is 2.31. The van der Waals surface area contributed by atoms with E-state index in [1.165, 1.54) is 25.1 Å². The van der Waals surface area contributed by atoms with Gasteiger partial charge < -0.3 is 4.74 Å². The number of ketones is 2. The Balaban J connectivity index is 2.23. The van der Waals surface area contributed by atoms with Crippen molar-refractivity contribution in [3.8, 4) is 5.75 Å². The number of ether oxygens (including phenoxy) is 1.